The number of halogens is 1. The van der Waals surface area contributed by atoms with Crippen molar-refractivity contribution in [2.24, 2.45) is 5.73 Å². The lowest BCUT2D eigenvalue weighted by Crippen LogP contribution is -2.54. The molecule has 1 aromatic rings. The van der Waals surface area contributed by atoms with E-state index in [1.807, 2.05) is 43.0 Å². The summed E-state index contributed by atoms with van der Waals surface area (Å²) in [6.07, 6.45) is 3.34. The largest absolute Gasteiger partial charge is 0.334 e. The molecule has 4 heteroatoms. The van der Waals surface area contributed by atoms with Crippen LogP contribution in [0.4, 0.5) is 0 Å². The van der Waals surface area contributed by atoms with Gasteiger partial charge in [-0.3, -0.25) is 4.79 Å². The van der Waals surface area contributed by atoms with Crippen LogP contribution in [0.5, 0.6) is 0 Å². The number of hydrogen-bond donors (Lipinski definition) is 1. The van der Waals surface area contributed by atoms with Crippen molar-refractivity contribution in [3.8, 4) is 0 Å². The smallest absolute Gasteiger partial charge is 0.243 e. The normalized spacial score (nSPS) is 19.4. The van der Waals surface area contributed by atoms with Crippen molar-refractivity contribution < 1.29 is 4.79 Å². The summed E-state index contributed by atoms with van der Waals surface area (Å²) in [7, 11) is 0. The first kappa shape index (κ1) is 15.3. The van der Waals surface area contributed by atoms with E-state index in [0.29, 0.717) is 17.9 Å². The minimum absolute atomic E-state index is 0.0741. The van der Waals surface area contributed by atoms with Crippen molar-refractivity contribution in [3.05, 3.63) is 34.9 Å². The van der Waals surface area contributed by atoms with Gasteiger partial charge in [-0.25, -0.2) is 0 Å². The third-order valence-corrected chi connectivity index (χ3v) is 4.67. The SMILES string of the molecule is CCC(N)(CC)C(=O)N1CCCC1c1cccc(Cl)c1. The molecular formula is C16H23ClN2O. The van der Waals surface area contributed by atoms with Crippen LogP contribution in [0.3, 0.4) is 0 Å². The third kappa shape index (κ3) is 2.84. The number of likely N-dealkylation sites (tertiary alicyclic amines) is 1. The van der Waals surface area contributed by atoms with E-state index in [0.717, 1.165) is 24.9 Å². The Balaban J connectivity index is 2.25. The molecular weight excluding hydrogens is 272 g/mol. The van der Waals surface area contributed by atoms with Gasteiger partial charge in [0, 0.05) is 11.6 Å². The number of rotatable bonds is 4. The summed E-state index contributed by atoms with van der Waals surface area (Å²) in [5, 5.41) is 0.715. The lowest BCUT2D eigenvalue weighted by atomic mass is 9.91. The van der Waals surface area contributed by atoms with Crippen LogP contribution in [-0.2, 0) is 4.79 Å². The first-order chi connectivity index (χ1) is 9.51. The third-order valence-electron chi connectivity index (χ3n) is 4.43. The highest BCUT2D eigenvalue weighted by molar-refractivity contribution is 6.30. The molecule has 0 aromatic heterocycles. The zero-order valence-corrected chi connectivity index (χ0v) is 13.0. The van der Waals surface area contributed by atoms with Crippen LogP contribution in [0, 0.1) is 0 Å². The second-order valence-electron chi connectivity index (χ2n) is 5.57. The Morgan fingerprint density at radius 3 is 2.75 bits per heavy atom. The van der Waals surface area contributed by atoms with Gasteiger partial charge in [-0.1, -0.05) is 37.6 Å². The fraction of sp³-hybridized carbons (Fsp3) is 0.562. The lowest BCUT2D eigenvalue weighted by molar-refractivity contribution is -0.138. The maximum absolute atomic E-state index is 12.8. The van der Waals surface area contributed by atoms with Crippen molar-refractivity contribution in [1.82, 2.24) is 4.90 Å². The summed E-state index contributed by atoms with van der Waals surface area (Å²) in [6, 6.07) is 7.90. The highest BCUT2D eigenvalue weighted by Gasteiger charge is 2.39. The summed E-state index contributed by atoms with van der Waals surface area (Å²) in [5.74, 6) is 0.0741. The van der Waals surface area contributed by atoms with E-state index in [9.17, 15) is 4.79 Å². The topological polar surface area (TPSA) is 46.3 Å². The molecule has 1 aliphatic heterocycles. The van der Waals surface area contributed by atoms with Crippen LogP contribution < -0.4 is 5.73 Å². The van der Waals surface area contributed by atoms with Gasteiger partial charge in [-0.05, 0) is 43.4 Å². The number of amides is 1. The van der Waals surface area contributed by atoms with Crippen LogP contribution in [0.15, 0.2) is 24.3 Å². The zero-order chi connectivity index (χ0) is 14.8. The maximum atomic E-state index is 12.8. The summed E-state index contributed by atoms with van der Waals surface area (Å²) >= 11 is 6.07. The second kappa shape index (κ2) is 6.15. The Labute approximate surface area is 126 Å². The van der Waals surface area contributed by atoms with Gasteiger partial charge in [0.2, 0.25) is 5.91 Å². The maximum Gasteiger partial charge on any atom is 0.243 e. The van der Waals surface area contributed by atoms with E-state index in [-0.39, 0.29) is 11.9 Å². The number of nitrogens with two attached hydrogens (primary N) is 1. The average Bonchev–Trinajstić information content (AvgIpc) is 2.95. The molecule has 2 rings (SSSR count). The van der Waals surface area contributed by atoms with Gasteiger partial charge in [-0.15, -0.1) is 0 Å². The van der Waals surface area contributed by atoms with Crippen LogP contribution in [0.2, 0.25) is 5.02 Å². The second-order valence-corrected chi connectivity index (χ2v) is 6.01. The summed E-state index contributed by atoms with van der Waals surface area (Å²) in [4.78, 5) is 14.7. The van der Waals surface area contributed by atoms with Crippen molar-refractivity contribution in [3.63, 3.8) is 0 Å². The summed E-state index contributed by atoms with van der Waals surface area (Å²) < 4.78 is 0. The molecule has 1 saturated heterocycles. The summed E-state index contributed by atoms with van der Waals surface area (Å²) in [6.45, 7) is 4.74. The average molecular weight is 295 g/mol. The van der Waals surface area contributed by atoms with Gasteiger partial charge in [-0.2, -0.15) is 0 Å². The monoisotopic (exact) mass is 294 g/mol. The predicted molar refractivity (Wildman–Crippen MR) is 82.6 cm³/mol. The van der Waals surface area contributed by atoms with Crippen LogP contribution in [0.25, 0.3) is 0 Å². The molecule has 2 N–H and O–H groups in total. The molecule has 1 aliphatic rings. The van der Waals surface area contributed by atoms with Gasteiger partial charge in [0.15, 0.2) is 0 Å². The van der Waals surface area contributed by atoms with Crippen LogP contribution in [0.1, 0.15) is 51.1 Å². The predicted octanol–water partition coefficient (Wildman–Crippen LogP) is 3.52. The van der Waals surface area contributed by atoms with Gasteiger partial charge in [0.1, 0.15) is 0 Å². The number of hydrogen-bond acceptors (Lipinski definition) is 2. The van der Waals surface area contributed by atoms with Gasteiger partial charge in [0.05, 0.1) is 11.6 Å². The molecule has 3 nitrogen and oxygen atoms in total. The molecule has 20 heavy (non-hydrogen) atoms. The number of benzene rings is 1. The van der Waals surface area contributed by atoms with Crippen molar-refractivity contribution in [1.29, 1.82) is 0 Å². The lowest BCUT2D eigenvalue weighted by Gasteiger charge is -2.34. The van der Waals surface area contributed by atoms with Crippen LogP contribution >= 0.6 is 11.6 Å². The molecule has 1 unspecified atom stereocenters. The molecule has 0 aliphatic carbocycles. The molecule has 0 bridgehead atoms. The molecule has 1 fully saturated rings. The minimum Gasteiger partial charge on any atom is -0.334 e. The molecule has 0 spiro atoms. The summed E-state index contributed by atoms with van der Waals surface area (Å²) in [5.41, 5.74) is 6.65. The molecule has 1 atom stereocenters. The van der Waals surface area contributed by atoms with Gasteiger partial charge >= 0.3 is 0 Å². The number of carbonyl (C=O) groups is 1. The fourth-order valence-electron chi connectivity index (χ4n) is 2.91. The minimum atomic E-state index is -0.735. The van der Waals surface area contributed by atoms with E-state index in [2.05, 4.69) is 0 Å². The number of carbonyl (C=O) groups excluding carboxylic acids is 1. The quantitative estimate of drug-likeness (QED) is 0.923. The Kier molecular flexibility index (Phi) is 4.71. The van der Waals surface area contributed by atoms with E-state index < -0.39 is 5.54 Å². The molecule has 1 amide bonds. The zero-order valence-electron chi connectivity index (χ0n) is 12.2. The molecule has 1 heterocycles. The standard InChI is InChI=1S/C16H23ClN2O/c1-3-16(18,4-2)15(20)19-10-6-9-14(19)12-7-5-8-13(17)11-12/h5,7-8,11,14H,3-4,6,9-10,18H2,1-2H3. The van der Waals surface area contributed by atoms with Crippen molar-refractivity contribution >= 4 is 17.5 Å². The fourth-order valence-corrected chi connectivity index (χ4v) is 3.11. The Morgan fingerprint density at radius 2 is 2.15 bits per heavy atom. The van der Waals surface area contributed by atoms with Crippen LogP contribution in [-0.4, -0.2) is 22.9 Å². The molecule has 110 valence electrons. The Bertz CT molecular complexity index is 485. The first-order valence-electron chi connectivity index (χ1n) is 7.37. The van der Waals surface area contributed by atoms with Crippen molar-refractivity contribution in [2.75, 3.05) is 6.54 Å². The Hall–Kier alpha value is -1.06. The molecule has 0 saturated carbocycles. The number of nitrogens with zero attached hydrogens (tertiary/aromatic N) is 1. The van der Waals surface area contributed by atoms with Crippen molar-refractivity contribution in [2.45, 2.75) is 51.1 Å². The first-order valence-corrected chi connectivity index (χ1v) is 7.75. The Morgan fingerprint density at radius 1 is 1.45 bits per heavy atom. The molecule has 0 radical (unpaired) electrons. The van der Waals surface area contributed by atoms with Gasteiger partial charge in [0.25, 0.3) is 0 Å². The highest BCUT2D eigenvalue weighted by Crippen LogP contribution is 2.35. The van der Waals surface area contributed by atoms with E-state index in [1.54, 1.807) is 0 Å². The van der Waals surface area contributed by atoms with E-state index >= 15 is 0 Å². The van der Waals surface area contributed by atoms with Gasteiger partial charge < -0.3 is 10.6 Å². The molecule has 1 aromatic carbocycles. The highest BCUT2D eigenvalue weighted by atomic mass is 35.5. The van der Waals surface area contributed by atoms with E-state index in [4.69, 9.17) is 17.3 Å². The van der Waals surface area contributed by atoms with E-state index in [1.165, 1.54) is 0 Å².